The fourth-order valence-electron chi connectivity index (χ4n) is 1.59. The Balaban J connectivity index is 2.31. The second-order valence-electron chi connectivity index (χ2n) is 3.39. The van der Waals surface area contributed by atoms with E-state index in [-0.39, 0.29) is 0 Å². The summed E-state index contributed by atoms with van der Waals surface area (Å²) in [6.45, 7) is 1.98. The van der Waals surface area contributed by atoms with Crippen LogP contribution in [-0.4, -0.2) is 9.97 Å². The lowest BCUT2D eigenvalue weighted by Gasteiger charge is -2.25. The molecule has 12 heavy (non-hydrogen) atoms. The van der Waals surface area contributed by atoms with E-state index < -0.39 is 0 Å². The number of nitrogen functional groups attached to an aromatic ring is 1. The maximum atomic E-state index is 5.51. The van der Waals surface area contributed by atoms with Gasteiger partial charge in [-0.25, -0.2) is 4.98 Å². The highest BCUT2D eigenvalue weighted by Gasteiger charge is 2.22. The number of aromatic nitrogens is 2. The summed E-state index contributed by atoms with van der Waals surface area (Å²) in [5.74, 6) is 1.17. The lowest BCUT2D eigenvalue weighted by molar-refractivity contribution is 0.408. The molecule has 0 spiro atoms. The molecule has 0 radical (unpaired) electrons. The van der Waals surface area contributed by atoms with Gasteiger partial charge in [-0.05, 0) is 19.8 Å². The Bertz CT molecular complexity index is 292. The predicted octanol–water partition coefficient (Wildman–Crippen LogP) is 1.63. The molecule has 0 unspecified atom stereocenters. The highest BCUT2D eigenvalue weighted by molar-refractivity contribution is 5.29. The molecule has 1 aromatic heterocycles. The summed E-state index contributed by atoms with van der Waals surface area (Å²) in [6.07, 6.45) is 5.51. The molecule has 1 aromatic rings. The molecule has 0 aliphatic heterocycles. The number of rotatable bonds is 1. The number of aryl methyl sites for hydroxylation is 1. The van der Waals surface area contributed by atoms with Gasteiger partial charge in [0.05, 0.1) is 17.6 Å². The Morgan fingerprint density at radius 1 is 1.50 bits per heavy atom. The minimum Gasteiger partial charge on any atom is -0.382 e. The van der Waals surface area contributed by atoms with Crippen LogP contribution in [0.3, 0.4) is 0 Å². The fraction of sp³-hybridized carbons (Fsp3) is 0.556. The van der Waals surface area contributed by atoms with Gasteiger partial charge in [-0.2, -0.15) is 0 Å². The van der Waals surface area contributed by atoms with Crippen molar-refractivity contribution in [3.8, 4) is 0 Å². The van der Waals surface area contributed by atoms with Crippen molar-refractivity contribution in [3.63, 3.8) is 0 Å². The quantitative estimate of drug-likeness (QED) is 0.684. The first-order valence-electron chi connectivity index (χ1n) is 4.36. The van der Waals surface area contributed by atoms with Crippen LogP contribution in [-0.2, 0) is 0 Å². The molecule has 1 heterocycles. The molecule has 0 aromatic carbocycles. The van der Waals surface area contributed by atoms with E-state index in [2.05, 4.69) is 9.97 Å². The minimum absolute atomic E-state index is 0.524. The van der Waals surface area contributed by atoms with Gasteiger partial charge in [-0.15, -0.1) is 0 Å². The van der Waals surface area contributed by atoms with Crippen molar-refractivity contribution in [1.29, 1.82) is 0 Å². The molecule has 64 valence electrons. The largest absolute Gasteiger partial charge is 0.382 e. The summed E-state index contributed by atoms with van der Waals surface area (Å²) < 4.78 is 0. The van der Waals surface area contributed by atoms with Crippen LogP contribution in [0.15, 0.2) is 6.20 Å². The Hall–Kier alpha value is -1.12. The van der Waals surface area contributed by atoms with Gasteiger partial charge >= 0.3 is 0 Å². The van der Waals surface area contributed by atoms with Crippen LogP contribution in [0.5, 0.6) is 0 Å². The Kier molecular flexibility index (Phi) is 1.71. The molecular weight excluding hydrogens is 150 g/mol. The molecule has 2 N–H and O–H groups in total. The lowest BCUT2D eigenvalue weighted by atomic mass is 9.82. The normalized spacial score (nSPS) is 17.4. The number of nitrogens with zero attached hydrogens (tertiary/aromatic N) is 2. The Morgan fingerprint density at radius 2 is 2.25 bits per heavy atom. The van der Waals surface area contributed by atoms with Gasteiger partial charge < -0.3 is 5.73 Å². The molecule has 3 nitrogen and oxygen atoms in total. The van der Waals surface area contributed by atoms with E-state index in [1.165, 1.54) is 19.3 Å². The predicted molar refractivity (Wildman–Crippen MR) is 47.8 cm³/mol. The molecule has 0 amide bonds. The van der Waals surface area contributed by atoms with Crippen LogP contribution in [0.2, 0.25) is 0 Å². The van der Waals surface area contributed by atoms with Crippen molar-refractivity contribution in [3.05, 3.63) is 17.6 Å². The third-order valence-corrected chi connectivity index (χ3v) is 2.50. The summed E-state index contributed by atoms with van der Waals surface area (Å²) in [4.78, 5) is 8.50. The van der Waals surface area contributed by atoms with Crippen LogP contribution in [0.1, 0.15) is 36.6 Å². The molecule has 1 saturated carbocycles. The van der Waals surface area contributed by atoms with Gasteiger partial charge in [0.1, 0.15) is 5.82 Å². The summed E-state index contributed by atoms with van der Waals surface area (Å²) >= 11 is 0. The third-order valence-electron chi connectivity index (χ3n) is 2.50. The van der Waals surface area contributed by atoms with Gasteiger partial charge in [0.15, 0.2) is 0 Å². The smallest absolute Gasteiger partial charge is 0.142 e. The van der Waals surface area contributed by atoms with Crippen LogP contribution in [0.25, 0.3) is 0 Å². The van der Waals surface area contributed by atoms with E-state index in [9.17, 15) is 0 Å². The van der Waals surface area contributed by atoms with Crippen LogP contribution < -0.4 is 5.73 Å². The minimum atomic E-state index is 0.524. The van der Waals surface area contributed by atoms with E-state index in [0.717, 1.165) is 11.4 Å². The third kappa shape index (κ3) is 1.15. The molecule has 1 aliphatic rings. The first kappa shape index (κ1) is 7.53. The summed E-state index contributed by atoms with van der Waals surface area (Å²) in [7, 11) is 0. The van der Waals surface area contributed by atoms with Gasteiger partial charge in [0.2, 0.25) is 0 Å². The standard InChI is InChI=1S/C9H13N3/c1-6-9(7-3-2-4-7)11-5-8(10)12-6/h5,7H,2-4H2,1H3,(H2,10,12). The highest BCUT2D eigenvalue weighted by Crippen LogP contribution is 2.36. The monoisotopic (exact) mass is 163 g/mol. The highest BCUT2D eigenvalue weighted by atomic mass is 14.9. The van der Waals surface area contributed by atoms with E-state index >= 15 is 0 Å². The number of hydrogen-bond donors (Lipinski definition) is 1. The average molecular weight is 163 g/mol. The second kappa shape index (κ2) is 2.73. The first-order valence-corrected chi connectivity index (χ1v) is 4.36. The average Bonchev–Trinajstić information content (AvgIpc) is 1.91. The summed E-state index contributed by atoms with van der Waals surface area (Å²) in [5, 5.41) is 0. The zero-order valence-electron chi connectivity index (χ0n) is 7.25. The van der Waals surface area contributed by atoms with Crippen molar-refractivity contribution in [1.82, 2.24) is 9.97 Å². The number of anilines is 1. The fourth-order valence-corrected chi connectivity index (χ4v) is 1.59. The van der Waals surface area contributed by atoms with Crippen LogP contribution >= 0.6 is 0 Å². The molecule has 0 bridgehead atoms. The summed E-state index contributed by atoms with van der Waals surface area (Å²) in [6, 6.07) is 0. The van der Waals surface area contributed by atoms with Crippen molar-refractivity contribution in [2.45, 2.75) is 32.1 Å². The van der Waals surface area contributed by atoms with Crippen molar-refractivity contribution < 1.29 is 0 Å². The zero-order chi connectivity index (χ0) is 8.55. The van der Waals surface area contributed by atoms with Gasteiger partial charge in [-0.1, -0.05) is 6.42 Å². The van der Waals surface area contributed by atoms with Crippen molar-refractivity contribution in [2.24, 2.45) is 0 Å². The van der Waals surface area contributed by atoms with Crippen LogP contribution in [0, 0.1) is 6.92 Å². The van der Waals surface area contributed by atoms with Gasteiger partial charge in [-0.3, -0.25) is 4.98 Å². The molecule has 1 aliphatic carbocycles. The molecule has 2 rings (SSSR count). The topological polar surface area (TPSA) is 51.8 Å². The van der Waals surface area contributed by atoms with Crippen molar-refractivity contribution >= 4 is 5.82 Å². The van der Waals surface area contributed by atoms with E-state index in [0.29, 0.717) is 11.7 Å². The lowest BCUT2D eigenvalue weighted by Crippen LogP contribution is -2.13. The molecule has 0 saturated heterocycles. The van der Waals surface area contributed by atoms with Crippen LogP contribution in [0.4, 0.5) is 5.82 Å². The Labute approximate surface area is 72.0 Å². The molecule has 1 fully saturated rings. The first-order chi connectivity index (χ1) is 5.77. The van der Waals surface area contributed by atoms with Gasteiger partial charge in [0, 0.05) is 5.92 Å². The maximum Gasteiger partial charge on any atom is 0.142 e. The molecular formula is C9H13N3. The number of hydrogen-bond acceptors (Lipinski definition) is 3. The van der Waals surface area contributed by atoms with E-state index in [1.807, 2.05) is 6.92 Å². The Morgan fingerprint density at radius 3 is 2.75 bits per heavy atom. The number of nitrogens with two attached hydrogens (primary N) is 1. The second-order valence-corrected chi connectivity index (χ2v) is 3.39. The molecule has 3 heteroatoms. The van der Waals surface area contributed by atoms with E-state index in [1.54, 1.807) is 6.20 Å². The maximum absolute atomic E-state index is 5.51. The molecule has 0 atom stereocenters. The zero-order valence-corrected chi connectivity index (χ0v) is 7.25. The van der Waals surface area contributed by atoms with Gasteiger partial charge in [0.25, 0.3) is 0 Å². The van der Waals surface area contributed by atoms with Crippen molar-refractivity contribution in [2.75, 3.05) is 5.73 Å². The van der Waals surface area contributed by atoms with E-state index in [4.69, 9.17) is 5.73 Å². The summed E-state index contributed by atoms with van der Waals surface area (Å²) in [5.41, 5.74) is 7.66. The SMILES string of the molecule is Cc1nc(N)cnc1C1CCC1.